The van der Waals surface area contributed by atoms with Crippen molar-refractivity contribution in [1.29, 1.82) is 0 Å². The minimum atomic E-state index is -0.420. The molecule has 136 valence electrons. The molecule has 8 heteroatoms. The molecule has 27 heavy (non-hydrogen) atoms. The number of aromatic nitrogens is 4. The lowest BCUT2D eigenvalue weighted by Crippen LogP contribution is -2.12. The van der Waals surface area contributed by atoms with Crippen LogP contribution < -0.4 is 10.1 Å². The molecule has 4 rings (SSSR count). The van der Waals surface area contributed by atoms with Gasteiger partial charge in [0.15, 0.2) is 0 Å². The number of carbonyl (C=O) groups excluding carboxylic acids is 1. The normalized spacial score (nSPS) is 11.1. The maximum absolute atomic E-state index is 12.1. The molecular formula is C19H17N5O3. The fraction of sp³-hybridized carbons (Fsp3) is 0.158. The summed E-state index contributed by atoms with van der Waals surface area (Å²) in [5.74, 6) is 0.854. The Morgan fingerprint density at radius 1 is 1.19 bits per heavy atom. The lowest BCUT2D eigenvalue weighted by atomic mass is 10.1. The highest BCUT2D eigenvalue weighted by Gasteiger charge is 2.14. The number of ether oxygens (including phenoxy) is 1. The number of hydrogen-bond donors (Lipinski definition) is 2. The molecule has 0 aliphatic heterocycles. The first-order chi connectivity index (χ1) is 13.1. The zero-order valence-corrected chi connectivity index (χ0v) is 14.8. The minimum Gasteiger partial charge on any atom is -0.491 e. The van der Waals surface area contributed by atoms with Crippen molar-refractivity contribution < 1.29 is 14.1 Å². The fourth-order valence-corrected chi connectivity index (χ4v) is 2.72. The molecule has 0 radical (unpaired) electrons. The van der Waals surface area contributed by atoms with Gasteiger partial charge in [0, 0.05) is 23.2 Å². The van der Waals surface area contributed by atoms with Crippen LogP contribution in [0.5, 0.6) is 5.75 Å². The molecule has 0 bridgehead atoms. The van der Waals surface area contributed by atoms with E-state index in [1.807, 2.05) is 38.1 Å². The second-order valence-corrected chi connectivity index (χ2v) is 6.21. The van der Waals surface area contributed by atoms with Crippen molar-refractivity contribution in [3.63, 3.8) is 0 Å². The maximum atomic E-state index is 12.1. The van der Waals surface area contributed by atoms with Gasteiger partial charge in [0.05, 0.1) is 17.8 Å². The maximum Gasteiger partial charge on any atom is 0.295 e. The largest absolute Gasteiger partial charge is 0.491 e. The molecule has 0 aliphatic rings. The Labute approximate surface area is 154 Å². The predicted molar refractivity (Wildman–Crippen MR) is 99.5 cm³/mol. The monoisotopic (exact) mass is 363 g/mol. The summed E-state index contributed by atoms with van der Waals surface area (Å²) in [6, 6.07) is 10.8. The van der Waals surface area contributed by atoms with Gasteiger partial charge in [0.25, 0.3) is 5.91 Å². The van der Waals surface area contributed by atoms with Crippen LogP contribution >= 0.6 is 0 Å². The molecule has 1 amide bonds. The van der Waals surface area contributed by atoms with Crippen LogP contribution in [0.1, 0.15) is 24.4 Å². The van der Waals surface area contributed by atoms with Crippen LogP contribution in [0.25, 0.3) is 22.2 Å². The van der Waals surface area contributed by atoms with E-state index < -0.39 is 5.91 Å². The lowest BCUT2D eigenvalue weighted by molar-refractivity contribution is 0.0987. The van der Waals surface area contributed by atoms with Gasteiger partial charge < -0.3 is 14.6 Å². The van der Waals surface area contributed by atoms with Gasteiger partial charge in [-0.3, -0.25) is 9.89 Å². The summed E-state index contributed by atoms with van der Waals surface area (Å²) in [6.07, 6.45) is 3.10. The Morgan fingerprint density at radius 2 is 2.07 bits per heavy atom. The highest BCUT2D eigenvalue weighted by molar-refractivity contribution is 6.02. The quantitative estimate of drug-likeness (QED) is 0.560. The van der Waals surface area contributed by atoms with Crippen molar-refractivity contribution in [3.05, 3.63) is 54.6 Å². The summed E-state index contributed by atoms with van der Waals surface area (Å²) in [4.78, 5) is 16.3. The lowest BCUT2D eigenvalue weighted by Gasteiger charge is -2.09. The average molecular weight is 363 g/mol. The van der Waals surface area contributed by atoms with E-state index >= 15 is 0 Å². The van der Waals surface area contributed by atoms with Crippen LogP contribution in [0.4, 0.5) is 5.82 Å². The predicted octanol–water partition coefficient (Wildman–Crippen LogP) is 3.65. The van der Waals surface area contributed by atoms with E-state index in [9.17, 15) is 4.79 Å². The highest BCUT2D eigenvalue weighted by Crippen LogP contribution is 2.30. The number of pyridine rings is 1. The van der Waals surface area contributed by atoms with Crippen LogP contribution in [0.15, 0.2) is 53.3 Å². The van der Waals surface area contributed by atoms with Crippen molar-refractivity contribution in [2.24, 2.45) is 0 Å². The van der Waals surface area contributed by atoms with Gasteiger partial charge in [-0.25, -0.2) is 4.98 Å². The Hall–Kier alpha value is -3.68. The van der Waals surface area contributed by atoms with E-state index in [0.29, 0.717) is 5.82 Å². The van der Waals surface area contributed by atoms with Crippen molar-refractivity contribution in [1.82, 2.24) is 20.3 Å². The topological polar surface area (TPSA) is 106 Å². The van der Waals surface area contributed by atoms with Gasteiger partial charge >= 0.3 is 0 Å². The number of benzene rings is 1. The number of anilines is 1. The molecular weight excluding hydrogens is 346 g/mol. The van der Waals surface area contributed by atoms with E-state index in [4.69, 9.17) is 9.26 Å². The first-order valence-corrected chi connectivity index (χ1v) is 8.43. The Morgan fingerprint density at radius 3 is 2.85 bits per heavy atom. The Kier molecular flexibility index (Phi) is 4.29. The van der Waals surface area contributed by atoms with Gasteiger partial charge in [-0.05, 0) is 44.2 Å². The number of nitrogens with zero attached hydrogens (tertiary/aromatic N) is 3. The number of amides is 1. The molecule has 0 fully saturated rings. The van der Waals surface area contributed by atoms with E-state index in [2.05, 4.69) is 25.7 Å². The van der Waals surface area contributed by atoms with Gasteiger partial charge in [-0.15, -0.1) is 0 Å². The standard InChI is InChI=1S/C19H17N5O3/c1-11(2)26-13-3-4-15-14(10-13)18(24-23-15)12-5-7-20-17(9-12)22-19(25)16-6-8-21-27-16/h3-11H,1-2H3,(H,23,24)(H,20,22,25). The van der Waals surface area contributed by atoms with Gasteiger partial charge in [0.1, 0.15) is 17.3 Å². The summed E-state index contributed by atoms with van der Waals surface area (Å²) in [7, 11) is 0. The Bertz CT molecular complexity index is 1090. The van der Waals surface area contributed by atoms with Crippen LogP contribution in [0.2, 0.25) is 0 Å². The number of H-pyrrole nitrogens is 1. The molecule has 0 unspecified atom stereocenters. The number of hydrogen-bond acceptors (Lipinski definition) is 6. The Balaban J connectivity index is 1.66. The molecule has 4 aromatic rings. The first-order valence-electron chi connectivity index (χ1n) is 8.43. The summed E-state index contributed by atoms with van der Waals surface area (Å²) in [6.45, 7) is 3.96. The SMILES string of the molecule is CC(C)Oc1ccc2[nH]nc(-c3ccnc(NC(=O)c4ccno4)c3)c2c1. The molecule has 0 saturated carbocycles. The van der Waals surface area contributed by atoms with Gasteiger partial charge in [-0.2, -0.15) is 5.10 Å². The van der Waals surface area contributed by atoms with Gasteiger partial charge in [0.2, 0.25) is 5.76 Å². The zero-order valence-electron chi connectivity index (χ0n) is 14.8. The molecule has 0 saturated heterocycles. The molecule has 2 N–H and O–H groups in total. The van der Waals surface area contributed by atoms with E-state index in [-0.39, 0.29) is 11.9 Å². The van der Waals surface area contributed by atoms with Crippen LogP contribution in [-0.4, -0.2) is 32.3 Å². The highest BCUT2D eigenvalue weighted by atomic mass is 16.5. The zero-order chi connectivity index (χ0) is 18.8. The van der Waals surface area contributed by atoms with Crippen molar-refractivity contribution in [2.45, 2.75) is 20.0 Å². The summed E-state index contributed by atoms with van der Waals surface area (Å²) < 4.78 is 10.6. The molecule has 1 aromatic carbocycles. The molecule has 0 atom stereocenters. The van der Waals surface area contributed by atoms with Crippen LogP contribution in [0.3, 0.4) is 0 Å². The number of carbonyl (C=O) groups is 1. The third-order valence-electron chi connectivity index (χ3n) is 3.84. The third kappa shape index (κ3) is 3.50. The number of fused-ring (bicyclic) bond motifs is 1. The van der Waals surface area contributed by atoms with E-state index in [1.54, 1.807) is 12.3 Å². The van der Waals surface area contributed by atoms with Crippen molar-refractivity contribution >= 4 is 22.6 Å². The van der Waals surface area contributed by atoms with Crippen LogP contribution in [0, 0.1) is 0 Å². The van der Waals surface area contributed by atoms with E-state index in [0.717, 1.165) is 27.9 Å². The minimum absolute atomic E-state index is 0.0802. The number of aromatic amines is 1. The second-order valence-electron chi connectivity index (χ2n) is 6.21. The molecule has 0 spiro atoms. The second kappa shape index (κ2) is 6.91. The van der Waals surface area contributed by atoms with Crippen LogP contribution in [-0.2, 0) is 0 Å². The smallest absolute Gasteiger partial charge is 0.295 e. The number of nitrogens with one attached hydrogen (secondary N) is 2. The fourth-order valence-electron chi connectivity index (χ4n) is 2.72. The number of rotatable bonds is 5. The van der Waals surface area contributed by atoms with Crippen molar-refractivity contribution in [3.8, 4) is 17.0 Å². The molecule has 8 nitrogen and oxygen atoms in total. The average Bonchev–Trinajstić information content (AvgIpc) is 3.31. The summed E-state index contributed by atoms with van der Waals surface area (Å²) in [5, 5.41) is 14.6. The van der Waals surface area contributed by atoms with Crippen molar-refractivity contribution in [2.75, 3.05) is 5.32 Å². The summed E-state index contributed by atoms with van der Waals surface area (Å²) >= 11 is 0. The molecule has 3 heterocycles. The van der Waals surface area contributed by atoms with Gasteiger partial charge in [-0.1, -0.05) is 5.16 Å². The third-order valence-corrected chi connectivity index (χ3v) is 3.84. The summed E-state index contributed by atoms with van der Waals surface area (Å²) in [5.41, 5.74) is 2.45. The van der Waals surface area contributed by atoms with E-state index in [1.165, 1.54) is 12.3 Å². The molecule has 0 aliphatic carbocycles. The molecule has 3 aromatic heterocycles. The first kappa shape index (κ1) is 16.8.